The molecule has 6 heteroatoms. The Morgan fingerprint density at radius 2 is 1.76 bits per heavy atom. The van der Waals surface area contributed by atoms with Gasteiger partial charge < -0.3 is 19.7 Å². The quantitative estimate of drug-likeness (QED) is 0.287. The number of hydrogen-bond acceptors (Lipinski definition) is 6. The molecule has 1 atom stereocenters. The normalized spacial score (nSPS) is 11.9. The lowest BCUT2D eigenvalue weighted by molar-refractivity contribution is 0.242. The summed E-state index contributed by atoms with van der Waals surface area (Å²) < 4.78 is 11.6. The van der Waals surface area contributed by atoms with Crippen molar-refractivity contribution < 1.29 is 9.47 Å². The van der Waals surface area contributed by atoms with Gasteiger partial charge in [0.05, 0.1) is 37.8 Å². The number of benzene rings is 2. The predicted octanol–water partition coefficient (Wildman–Crippen LogP) is 6.22. The Hall–Kier alpha value is -3.12. The van der Waals surface area contributed by atoms with E-state index in [4.69, 9.17) is 14.5 Å². The Bertz CT molecular complexity index is 993. The third kappa shape index (κ3) is 7.19. The van der Waals surface area contributed by atoms with Crippen molar-refractivity contribution in [2.45, 2.75) is 46.1 Å². The zero-order valence-electron chi connectivity index (χ0n) is 21.0. The molecule has 0 bridgehead atoms. The molecule has 0 aliphatic heterocycles. The molecular weight excluding hydrogens is 424 g/mol. The molecule has 0 amide bonds. The highest BCUT2D eigenvalue weighted by Crippen LogP contribution is 2.32. The maximum atomic E-state index is 6.01. The van der Waals surface area contributed by atoms with E-state index in [0.717, 1.165) is 61.7 Å². The number of anilines is 1. The monoisotopic (exact) mass is 462 g/mol. The fourth-order valence-corrected chi connectivity index (χ4v) is 4.01. The van der Waals surface area contributed by atoms with Crippen molar-refractivity contribution in [2.75, 3.05) is 38.7 Å². The van der Waals surface area contributed by atoms with Crippen LogP contribution in [0.1, 0.15) is 51.6 Å². The van der Waals surface area contributed by atoms with Crippen LogP contribution in [0.2, 0.25) is 0 Å². The van der Waals surface area contributed by atoms with Gasteiger partial charge >= 0.3 is 0 Å². The molecule has 3 aromatic rings. The number of aromatic nitrogens is 2. The van der Waals surface area contributed by atoms with E-state index < -0.39 is 0 Å². The second-order valence-electron chi connectivity index (χ2n) is 8.28. The first kappa shape index (κ1) is 25.5. The molecule has 0 radical (unpaired) electrons. The van der Waals surface area contributed by atoms with Crippen molar-refractivity contribution in [2.24, 2.45) is 0 Å². The Labute approximate surface area is 204 Å². The average molecular weight is 463 g/mol. The van der Waals surface area contributed by atoms with E-state index in [0.29, 0.717) is 12.4 Å². The van der Waals surface area contributed by atoms with Crippen molar-refractivity contribution in [3.63, 3.8) is 0 Å². The fraction of sp³-hybridized carbons (Fsp3) is 0.429. The Morgan fingerprint density at radius 3 is 2.47 bits per heavy atom. The van der Waals surface area contributed by atoms with E-state index in [2.05, 4.69) is 60.2 Å². The molecule has 1 aromatic heterocycles. The maximum Gasteiger partial charge on any atom is 0.161 e. The lowest BCUT2D eigenvalue weighted by atomic mass is 10.0. The SMILES string of the molecule is CCCC(Nc1cncc(-c2ccc(OCCCN(CC)CC)c(OC)c2)n1)c1ccccc1. The smallest absolute Gasteiger partial charge is 0.161 e. The molecule has 34 heavy (non-hydrogen) atoms. The van der Waals surface area contributed by atoms with Gasteiger partial charge in [0.25, 0.3) is 0 Å². The van der Waals surface area contributed by atoms with Crippen molar-refractivity contribution in [3.05, 3.63) is 66.5 Å². The van der Waals surface area contributed by atoms with Gasteiger partial charge in [-0.1, -0.05) is 57.5 Å². The summed E-state index contributed by atoms with van der Waals surface area (Å²) in [7, 11) is 1.67. The van der Waals surface area contributed by atoms with Crippen LogP contribution in [-0.4, -0.2) is 48.2 Å². The van der Waals surface area contributed by atoms with Gasteiger partial charge in [-0.3, -0.25) is 4.98 Å². The predicted molar refractivity (Wildman–Crippen MR) is 140 cm³/mol. The van der Waals surface area contributed by atoms with Crippen LogP contribution in [0.15, 0.2) is 60.9 Å². The fourth-order valence-electron chi connectivity index (χ4n) is 4.01. The van der Waals surface area contributed by atoms with Crippen LogP contribution in [0, 0.1) is 0 Å². The minimum atomic E-state index is 0.192. The first-order valence-corrected chi connectivity index (χ1v) is 12.4. The number of nitrogens with zero attached hydrogens (tertiary/aromatic N) is 3. The molecule has 0 saturated carbocycles. The summed E-state index contributed by atoms with van der Waals surface area (Å²) >= 11 is 0. The summed E-state index contributed by atoms with van der Waals surface area (Å²) in [6.07, 6.45) is 6.63. The second-order valence-corrected chi connectivity index (χ2v) is 8.28. The van der Waals surface area contributed by atoms with Crippen molar-refractivity contribution >= 4 is 5.82 Å². The number of nitrogens with one attached hydrogen (secondary N) is 1. The van der Waals surface area contributed by atoms with E-state index in [1.54, 1.807) is 19.5 Å². The molecule has 0 aliphatic rings. The number of methoxy groups -OCH3 is 1. The zero-order chi connectivity index (χ0) is 24.2. The van der Waals surface area contributed by atoms with Gasteiger partial charge in [-0.15, -0.1) is 0 Å². The van der Waals surface area contributed by atoms with E-state index in [-0.39, 0.29) is 6.04 Å². The van der Waals surface area contributed by atoms with Crippen LogP contribution in [0.4, 0.5) is 5.82 Å². The molecule has 0 saturated heterocycles. The third-order valence-electron chi connectivity index (χ3n) is 5.97. The van der Waals surface area contributed by atoms with Gasteiger partial charge in [0.1, 0.15) is 5.82 Å². The molecule has 0 spiro atoms. The summed E-state index contributed by atoms with van der Waals surface area (Å²) in [5.74, 6) is 2.21. The minimum absolute atomic E-state index is 0.192. The van der Waals surface area contributed by atoms with Gasteiger partial charge in [-0.2, -0.15) is 0 Å². The topological polar surface area (TPSA) is 59.5 Å². The molecule has 0 fully saturated rings. The minimum Gasteiger partial charge on any atom is -0.493 e. The van der Waals surface area contributed by atoms with Crippen LogP contribution in [0.25, 0.3) is 11.3 Å². The van der Waals surface area contributed by atoms with E-state index in [1.165, 1.54) is 5.56 Å². The highest BCUT2D eigenvalue weighted by molar-refractivity contribution is 5.64. The van der Waals surface area contributed by atoms with E-state index >= 15 is 0 Å². The largest absolute Gasteiger partial charge is 0.493 e. The summed E-state index contributed by atoms with van der Waals surface area (Å²) in [4.78, 5) is 11.7. The molecule has 3 rings (SSSR count). The van der Waals surface area contributed by atoms with Crippen LogP contribution in [-0.2, 0) is 0 Å². The Morgan fingerprint density at radius 1 is 0.971 bits per heavy atom. The van der Waals surface area contributed by atoms with Gasteiger partial charge in [0.2, 0.25) is 0 Å². The molecule has 6 nitrogen and oxygen atoms in total. The number of rotatable bonds is 14. The van der Waals surface area contributed by atoms with E-state index in [9.17, 15) is 0 Å². The highest BCUT2D eigenvalue weighted by atomic mass is 16.5. The molecule has 2 aromatic carbocycles. The first-order chi connectivity index (χ1) is 16.7. The zero-order valence-corrected chi connectivity index (χ0v) is 21.0. The Balaban J connectivity index is 1.70. The molecule has 1 heterocycles. The molecular formula is C28H38N4O2. The standard InChI is InChI=1S/C28H38N4O2/c1-5-12-24(22-13-9-8-10-14-22)30-28-21-29-20-25(31-28)23-15-16-26(27(19-23)33-4)34-18-11-17-32(6-2)7-3/h8-10,13-16,19-21,24H,5-7,11-12,17-18H2,1-4H3,(H,30,31). The number of ether oxygens (including phenoxy) is 2. The van der Waals surface area contributed by atoms with Crippen LogP contribution in [0.5, 0.6) is 11.5 Å². The molecule has 0 aliphatic carbocycles. The molecule has 182 valence electrons. The van der Waals surface area contributed by atoms with Crippen molar-refractivity contribution in [1.29, 1.82) is 0 Å². The second kappa shape index (κ2) is 13.6. The van der Waals surface area contributed by atoms with Crippen LogP contribution in [0.3, 0.4) is 0 Å². The maximum absolute atomic E-state index is 6.01. The lowest BCUT2D eigenvalue weighted by Gasteiger charge is -2.19. The van der Waals surface area contributed by atoms with Gasteiger partial charge in [-0.05, 0) is 49.7 Å². The third-order valence-corrected chi connectivity index (χ3v) is 5.97. The first-order valence-electron chi connectivity index (χ1n) is 12.4. The summed E-state index contributed by atoms with van der Waals surface area (Å²) in [6.45, 7) is 10.4. The molecule has 1 N–H and O–H groups in total. The Kier molecular flexibility index (Phi) is 10.2. The van der Waals surface area contributed by atoms with Gasteiger partial charge in [0, 0.05) is 12.1 Å². The summed E-state index contributed by atoms with van der Waals surface area (Å²) in [6, 6.07) is 16.6. The average Bonchev–Trinajstić information content (AvgIpc) is 2.89. The summed E-state index contributed by atoms with van der Waals surface area (Å²) in [5.41, 5.74) is 2.98. The van der Waals surface area contributed by atoms with Crippen molar-refractivity contribution in [1.82, 2.24) is 14.9 Å². The highest BCUT2D eigenvalue weighted by Gasteiger charge is 2.13. The van der Waals surface area contributed by atoms with Gasteiger partial charge in [-0.25, -0.2) is 4.98 Å². The van der Waals surface area contributed by atoms with Crippen LogP contribution >= 0.6 is 0 Å². The van der Waals surface area contributed by atoms with Gasteiger partial charge in [0.15, 0.2) is 11.5 Å². The lowest BCUT2D eigenvalue weighted by Crippen LogP contribution is -2.25. The number of hydrogen-bond donors (Lipinski definition) is 1. The van der Waals surface area contributed by atoms with E-state index in [1.807, 2.05) is 24.3 Å². The van der Waals surface area contributed by atoms with Crippen molar-refractivity contribution in [3.8, 4) is 22.8 Å². The summed E-state index contributed by atoms with van der Waals surface area (Å²) in [5, 5.41) is 3.57. The molecule has 1 unspecified atom stereocenters. The van der Waals surface area contributed by atoms with Crippen LogP contribution < -0.4 is 14.8 Å².